The van der Waals surface area contributed by atoms with Crippen LogP contribution in [0.1, 0.15) is 18.4 Å². The second kappa shape index (κ2) is 5.35. The molecule has 4 rings (SSSR count). The Balaban J connectivity index is 1.66. The van der Waals surface area contributed by atoms with Gasteiger partial charge in [-0.3, -0.25) is 4.90 Å². The van der Waals surface area contributed by atoms with Crippen LogP contribution in [0.5, 0.6) is 11.5 Å². The van der Waals surface area contributed by atoms with Gasteiger partial charge in [0.05, 0.1) is 32.5 Å². The molecule has 1 saturated heterocycles. The Morgan fingerprint density at radius 1 is 1.10 bits per heavy atom. The maximum Gasteiger partial charge on any atom is 0.161 e. The predicted octanol–water partition coefficient (Wildman–Crippen LogP) is 2.33. The summed E-state index contributed by atoms with van der Waals surface area (Å²) in [4.78, 5) is 2.43. The summed E-state index contributed by atoms with van der Waals surface area (Å²) in [6.07, 6.45) is 4.32. The molecule has 0 radical (unpaired) electrons. The average molecular weight is 287 g/mol. The van der Waals surface area contributed by atoms with E-state index in [9.17, 15) is 0 Å². The summed E-state index contributed by atoms with van der Waals surface area (Å²) >= 11 is 0. The lowest BCUT2D eigenvalue weighted by Crippen LogP contribution is -2.51. The standard InChI is InChI=1S/C17H21NO3/c1-18-14-7-13(8-15(18)11-19-10-14)12-3-4-16-17(9-12)21-6-2-5-20-16/h3-4,7,9,14-15H,2,5-6,8,10-11H2,1H3. The predicted molar refractivity (Wildman–Crippen MR) is 80.8 cm³/mol. The van der Waals surface area contributed by atoms with Crippen LogP contribution in [0.2, 0.25) is 0 Å². The van der Waals surface area contributed by atoms with E-state index in [1.54, 1.807) is 0 Å². The molecule has 2 bridgehead atoms. The maximum absolute atomic E-state index is 5.81. The zero-order valence-electron chi connectivity index (χ0n) is 12.4. The number of hydrogen-bond acceptors (Lipinski definition) is 4. The molecule has 4 nitrogen and oxygen atoms in total. The van der Waals surface area contributed by atoms with Crippen molar-refractivity contribution in [3.05, 3.63) is 29.8 Å². The molecule has 0 amide bonds. The third-order valence-electron chi connectivity index (χ3n) is 4.67. The SMILES string of the molecule is CN1C2C=C(c3ccc4c(c3)OCCCO4)CC1COC2. The molecule has 21 heavy (non-hydrogen) atoms. The molecule has 0 N–H and O–H groups in total. The van der Waals surface area contributed by atoms with Gasteiger partial charge in [0, 0.05) is 12.5 Å². The number of hydrogen-bond donors (Lipinski definition) is 0. The minimum absolute atomic E-state index is 0.392. The van der Waals surface area contributed by atoms with Crippen LogP contribution in [0.25, 0.3) is 5.57 Å². The topological polar surface area (TPSA) is 30.9 Å². The number of morpholine rings is 1. The minimum atomic E-state index is 0.392. The van der Waals surface area contributed by atoms with E-state index in [2.05, 4.69) is 30.2 Å². The summed E-state index contributed by atoms with van der Waals surface area (Å²) in [6, 6.07) is 7.21. The first-order valence-electron chi connectivity index (χ1n) is 7.71. The molecular weight excluding hydrogens is 266 g/mol. The molecular formula is C17H21NO3. The first-order valence-corrected chi connectivity index (χ1v) is 7.71. The van der Waals surface area contributed by atoms with E-state index in [4.69, 9.17) is 14.2 Å². The van der Waals surface area contributed by atoms with E-state index < -0.39 is 0 Å². The zero-order chi connectivity index (χ0) is 14.2. The molecule has 3 heterocycles. The highest BCUT2D eigenvalue weighted by Crippen LogP contribution is 2.36. The van der Waals surface area contributed by atoms with Gasteiger partial charge in [-0.15, -0.1) is 0 Å². The molecule has 1 aromatic carbocycles. The number of fused-ring (bicyclic) bond motifs is 3. The van der Waals surface area contributed by atoms with Gasteiger partial charge in [0.25, 0.3) is 0 Å². The largest absolute Gasteiger partial charge is 0.490 e. The Bertz CT molecular complexity index is 569. The highest BCUT2D eigenvalue weighted by molar-refractivity contribution is 5.70. The lowest BCUT2D eigenvalue weighted by Gasteiger charge is -2.42. The van der Waals surface area contributed by atoms with Crippen LogP contribution in [0.4, 0.5) is 0 Å². The second-order valence-electron chi connectivity index (χ2n) is 6.03. The van der Waals surface area contributed by atoms with Gasteiger partial charge < -0.3 is 14.2 Å². The molecule has 0 saturated carbocycles. The first-order chi connectivity index (χ1) is 10.3. The lowest BCUT2D eigenvalue weighted by molar-refractivity contribution is -0.0221. The fraction of sp³-hybridized carbons (Fsp3) is 0.529. The van der Waals surface area contributed by atoms with Crippen LogP contribution in [-0.4, -0.2) is 50.5 Å². The normalized spacial score (nSPS) is 28.7. The van der Waals surface area contributed by atoms with Crippen LogP contribution in [0.3, 0.4) is 0 Å². The van der Waals surface area contributed by atoms with E-state index in [1.165, 1.54) is 11.1 Å². The number of nitrogens with zero attached hydrogens (tertiary/aromatic N) is 1. The summed E-state index contributed by atoms with van der Waals surface area (Å²) in [6.45, 7) is 3.09. The summed E-state index contributed by atoms with van der Waals surface area (Å²) in [5, 5.41) is 0. The van der Waals surface area contributed by atoms with Gasteiger partial charge in [-0.05, 0) is 36.7 Å². The van der Waals surface area contributed by atoms with Crippen LogP contribution in [0, 0.1) is 0 Å². The van der Waals surface area contributed by atoms with Gasteiger partial charge >= 0.3 is 0 Å². The van der Waals surface area contributed by atoms with Crippen molar-refractivity contribution < 1.29 is 14.2 Å². The molecule has 2 unspecified atom stereocenters. The number of rotatable bonds is 1. The van der Waals surface area contributed by atoms with Gasteiger partial charge in [0.2, 0.25) is 0 Å². The molecule has 1 fully saturated rings. The number of benzene rings is 1. The van der Waals surface area contributed by atoms with Crippen molar-refractivity contribution in [2.75, 3.05) is 33.5 Å². The van der Waals surface area contributed by atoms with Gasteiger partial charge in [-0.2, -0.15) is 0 Å². The highest BCUT2D eigenvalue weighted by atomic mass is 16.5. The fourth-order valence-corrected chi connectivity index (χ4v) is 3.33. The Labute approximate surface area is 125 Å². The van der Waals surface area contributed by atoms with Crippen molar-refractivity contribution in [2.24, 2.45) is 0 Å². The zero-order valence-corrected chi connectivity index (χ0v) is 12.4. The second-order valence-corrected chi connectivity index (χ2v) is 6.03. The highest BCUT2D eigenvalue weighted by Gasteiger charge is 2.32. The molecule has 0 spiro atoms. The van der Waals surface area contributed by atoms with E-state index in [0.717, 1.165) is 50.8 Å². The number of ether oxygens (including phenoxy) is 3. The van der Waals surface area contributed by atoms with Crippen molar-refractivity contribution in [2.45, 2.75) is 24.9 Å². The van der Waals surface area contributed by atoms with Crippen LogP contribution >= 0.6 is 0 Å². The Hall–Kier alpha value is -1.52. The van der Waals surface area contributed by atoms with E-state index >= 15 is 0 Å². The first kappa shape index (κ1) is 13.2. The van der Waals surface area contributed by atoms with Gasteiger partial charge in [-0.1, -0.05) is 12.1 Å². The van der Waals surface area contributed by atoms with E-state index in [0.29, 0.717) is 12.1 Å². The Kier molecular flexibility index (Phi) is 3.36. The summed E-state index contributed by atoms with van der Waals surface area (Å²) in [7, 11) is 2.19. The smallest absolute Gasteiger partial charge is 0.161 e. The molecule has 112 valence electrons. The van der Waals surface area contributed by atoms with Crippen molar-refractivity contribution in [1.82, 2.24) is 4.90 Å². The summed E-state index contributed by atoms with van der Waals surface area (Å²) in [5.74, 6) is 1.75. The third kappa shape index (κ3) is 2.43. The average Bonchev–Trinajstić information content (AvgIpc) is 2.71. The van der Waals surface area contributed by atoms with Gasteiger partial charge in [-0.25, -0.2) is 0 Å². The quantitative estimate of drug-likeness (QED) is 0.793. The van der Waals surface area contributed by atoms with Crippen molar-refractivity contribution >= 4 is 5.57 Å². The van der Waals surface area contributed by atoms with Gasteiger partial charge in [0.1, 0.15) is 0 Å². The van der Waals surface area contributed by atoms with Crippen molar-refractivity contribution in [3.8, 4) is 11.5 Å². The van der Waals surface area contributed by atoms with Crippen LogP contribution in [-0.2, 0) is 4.74 Å². The molecule has 3 aliphatic heterocycles. The molecule has 2 atom stereocenters. The van der Waals surface area contributed by atoms with E-state index in [1.807, 2.05) is 6.07 Å². The summed E-state index contributed by atoms with van der Waals surface area (Å²) in [5.41, 5.74) is 2.66. The molecule has 4 heteroatoms. The maximum atomic E-state index is 5.81. The molecule has 0 aromatic heterocycles. The monoisotopic (exact) mass is 287 g/mol. The van der Waals surface area contributed by atoms with Crippen LogP contribution < -0.4 is 9.47 Å². The van der Waals surface area contributed by atoms with Crippen molar-refractivity contribution in [3.63, 3.8) is 0 Å². The minimum Gasteiger partial charge on any atom is -0.490 e. The van der Waals surface area contributed by atoms with Gasteiger partial charge in [0.15, 0.2) is 11.5 Å². The van der Waals surface area contributed by atoms with E-state index in [-0.39, 0.29) is 0 Å². The molecule has 3 aliphatic rings. The summed E-state index contributed by atoms with van der Waals surface area (Å²) < 4.78 is 17.2. The van der Waals surface area contributed by atoms with Crippen molar-refractivity contribution in [1.29, 1.82) is 0 Å². The molecule has 0 aliphatic carbocycles. The number of likely N-dealkylation sites (N-methyl/N-ethyl adjacent to an activating group) is 1. The fourth-order valence-electron chi connectivity index (χ4n) is 3.33. The van der Waals surface area contributed by atoms with Crippen LogP contribution in [0.15, 0.2) is 24.3 Å². The Morgan fingerprint density at radius 2 is 1.95 bits per heavy atom. The lowest BCUT2D eigenvalue weighted by atomic mass is 9.90. The third-order valence-corrected chi connectivity index (χ3v) is 4.67. The molecule has 1 aromatic rings. The Morgan fingerprint density at radius 3 is 2.81 bits per heavy atom.